The summed E-state index contributed by atoms with van der Waals surface area (Å²) in [6.45, 7) is 3.30. The minimum atomic E-state index is -1.48. The number of carbonyl (C=O) groups excluding carboxylic acids is 3. The monoisotopic (exact) mass is 414 g/mol. The van der Waals surface area contributed by atoms with Gasteiger partial charge in [0.25, 0.3) is 0 Å². The first-order valence-electron chi connectivity index (χ1n) is 9.82. The zero-order valence-electron chi connectivity index (χ0n) is 16.7. The van der Waals surface area contributed by atoms with Crippen LogP contribution in [0, 0.1) is 0 Å². The number of amides is 3. The van der Waals surface area contributed by atoms with Gasteiger partial charge in [-0.25, -0.2) is 4.79 Å². The normalized spacial score (nSPS) is 26.0. The molecule has 0 saturated carbocycles. The van der Waals surface area contributed by atoms with Crippen molar-refractivity contribution in [2.24, 2.45) is 5.73 Å². The molecule has 164 valence electrons. The molecule has 2 rings (SSSR count). The molecular formula is C18H30N4O7. The van der Waals surface area contributed by atoms with Crippen LogP contribution in [0.5, 0.6) is 0 Å². The quantitative estimate of drug-likeness (QED) is 0.307. The lowest BCUT2D eigenvalue weighted by Gasteiger charge is -2.33. The van der Waals surface area contributed by atoms with Crippen LogP contribution in [-0.2, 0) is 19.2 Å². The summed E-state index contributed by atoms with van der Waals surface area (Å²) in [5.41, 5.74) is 5.73. The van der Waals surface area contributed by atoms with Gasteiger partial charge in [-0.05, 0) is 39.5 Å². The molecule has 2 heterocycles. The molecule has 0 bridgehead atoms. The molecule has 3 amide bonds. The van der Waals surface area contributed by atoms with Crippen molar-refractivity contribution < 1.29 is 34.5 Å². The van der Waals surface area contributed by atoms with Crippen LogP contribution in [0.25, 0.3) is 0 Å². The van der Waals surface area contributed by atoms with E-state index in [0.717, 1.165) is 0 Å². The Labute approximate surface area is 168 Å². The number of nitrogens with one attached hydrogen (secondary N) is 1. The smallest absolute Gasteiger partial charge is 0.328 e. The van der Waals surface area contributed by atoms with Gasteiger partial charge < -0.3 is 36.2 Å². The number of aliphatic hydroxyl groups excluding tert-OH is 2. The third-order valence-electron chi connectivity index (χ3n) is 5.51. The largest absolute Gasteiger partial charge is 0.480 e. The van der Waals surface area contributed by atoms with E-state index in [4.69, 9.17) is 10.8 Å². The SMILES string of the molecule is C[C@@H](O)[C@H](N)C(=O)N1CCC[C@H]1C(=O)N1CCC[C@@H]1C(=O)N[C@H](C(=O)O)[C@@H](C)O. The van der Waals surface area contributed by atoms with Crippen LogP contribution >= 0.6 is 0 Å². The van der Waals surface area contributed by atoms with Gasteiger partial charge in [-0.1, -0.05) is 0 Å². The lowest BCUT2D eigenvalue weighted by molar-refractivity contribution is -0.149. The van der Waals surface area contributed by atoms with Crippen LogP contribution in [0.2, 0.25) is 0 Å². The van der Waals surface area contributed by atoms with Crippen molar-refractivity contribution >= 4 is 23.7 Å². The van der Waals surface area contributed by atoms with Gasteiger partial charge in [0.15, 0.2) is 6.04 Å². The fourth-order valence-corrected chi connectivity index (χ4v) is 3.82. The number of carboxylic acid groups (broad SMARTS) is 1. The Morgan fingerprint density at radius 3 is 2.03 bits per heavy atom. The topological polar surface area (TPSA) is 173 Å². The van der Waals surface area contributed by atoms with Crippen LogP contribution in [0.15, 0.2) is 0 Å². The van der Waals surface area contributed by atoms with Crippen molar-refractivity contribution in [2.45, 2.75) is 75.9 Å². The minimum Gasteiger partial charge on any atom is -0.480 e. The molecule has 6 atom stereocenters. The molecule has 11 nitrogen and oxygen atoms in total. The van der Waals surface area contributed by atoms with Gasteiger partial charge in [0, 0.05) is 13.1 Å². The van der Waals surface area contributed by atoms with E-state index in [-0.39, 0.29) is 0 Å². The summed E-state index contributed by atoms with van der Waals surface area (Å²) < 4.78 is 0. The molecule has 0 aromatic rings. The van der Waals surface area contributed by atoms with Crippen molar-refractivity contribution in [1.82, 2.24) is 15.1 Å². The number of nitrogens with zero attached hydrogens (tertiary/aromatic N) is 2. The maximum absolute atomic E-state index is 13.1. The maximum Gasteiger partial charge on any atom is 0.328 e. The molecular weight excluding hydrogens is 384 g/mol. The predicted octanol–water partition coefficient (Wildman–Crippen LogP) is -2.37. The molecule has 0 aliphatic carbocycles. The lowest BCUT2D eigenvalue weighted by atomic mass is 10.1. The number of carboxylic acids is 1. The molecule has 0 aromatic carbocycles. The second-order valence-electron chi connectivity index (χ2n) is 7.71. The number of likely N-dealkylation sites (tertiary alicyclic amines) is 2. The second kappa shape index (κ2) is 9.51. The van der Waals surface area contributed by atoms with Gasteiger partial charge in [-0.15, -0.1) is 0 Å². The van der Waals surface area contributed by atoms with E-state index in [2.05, 4.69) is 5.32 Å². The summed E-state index contributed by atoms with van der Waals surface area (Å²) in [7, 11) is 0. The third-order valence-corrected chi connectivity index (χ3v) is 5.51. The number of carbonyl (C=O) groups is 4. The van der Waals surface area contributed by atoms with E-state index < -0.39 is 60.1 Å². The highest BCUT2D eigenvalue weighted by Gasteiger charge is 2.44. The maximum atomic E-state index is 13.1. The van der Waals surface area contributed by atoms with E-state index >= 15 is 0 Å². The lowest BCUT2D eigenvalue weighted by Crippen LogP contribution is -2.58. The van der Waals surface area contributed by atoms with Gasteiger partial charge in [-0.2, -0.15) is 0 Å². The Kier molecular flexibility index (Phi) is 7.55. The van der Waals surface area contributed by atoms with E-state index in [1.54, 1.807) is 0 Å². The molecule has 6 N–H and O–H groups in total. The summed E-state index contributed by atoms with van der Waals surface area (Å²) >= 11 is 0. The first-order valence-corrected chi connectivity index (χ1v) is 9.82. The molecule has 11 heteroatoms. The highest BCUT2D eigenvalue weighted by Crippen LogP contribution is 2.25. The van der Waals surface area contributed by atoms with Crippen molar-refractivity contribution in [3.63, 3.8) is 0 Å². The van der Waals surface area contributed by atoms with Crippen molar-refractivity contribution in [3.05, 3.63) is 0 Å². The van der Waals surface area contributed by atoms with Crippen molar-refractivity contribution in [1.29, 1.82) is 0 Å². The summed E-state index contributed by atoms with van der Waals surface area (Å²) in [6.07, 6.45) is -0.415. The Morgan fingerprint density at radius 2 is 1.52 bits per heavy atom. The average Bonchev–Trinajstić information content (AvgIpc) is 3.32. The minimum absolute atomic E-state index is 0.310. The fraction of sp³-hybridized carbons (Fsp3) is 0.778. The first kappa shape index (κ1) is 23.0. The molecule has 29 heavy (non-hydrogen) atoms. The Hall–Kier alpha value is -2.24. The summed E-state index contributed by atoms with van der Waals surface area (Å²) in [5.74, 6) is -2.93. The Balaban J connectivity index is 2.11. The molecule has 2 aliphatic heterocycles. The standard InChI is InChI=1S/C18H30N4O7/c1-9(23)13(19)17(27)22-8-4-6-12(22)16(26)21-7-3-5-11(21)15(25)20-14(10(2)24)18(28)29/h9-14,23-24H,3-8,19H2,1-2H3,(H,20,25)(H,28,29)/t9-,10-,11-,12+,13+,14+/m1/s1. The number of hydrogen-bond donors (Lipinski definition) is 5. The van der Waals surface area contributed by atoms with Gasteiger partial charge in [0.05, 0.1) is 12.2 Å². The van der Waals surface area contributed by atoms with Gasteiger partial charge in [-0.3, -0.25) is 14.4 Å². The van der Waals surface area contributed by atoms with E-state index in [0.29, 0.717) is 38.8 Å². The van der Waals surface area contributed by atoms with E-state index in [1.165, 1.54) is 23.6 Å². The molecule has 2 fully saturated rings. The number of nitrogens with two attached hydrogens (primary N) is 1. The summed E-state index contributed by atoms with van der Waals surface area (Å²) in [6, 6.07) is -4.25. The number of hydrogen-bond acceptors (Lipinski definition) is 7. The second-order valence-corrected chi connectivity index (χ2v) is 7.71. The van der Waals surface area contributed by atoms with Gasteiger partial charge in [0.2, 0.25) is 17.7 Å². The highest BCUT2D eigenvalue weighted by molar-refractivity contribution is 5.95. The van der Waals surface area contributed by atoms with Crippen LogP contribution in [0.3, 0.4) is 0 Å². The Bertz CT molecular complexity index is 654. The average molecular weight is 414 g/mol. The van der Waals surface area contributed by atoms with E-state index in [9.17, 15) is 29.4 Å². The zero-order chi connectivity index (χ0) is 21.9. The van der Waals surface area contributed by atoms with Crippen molar-refractivity contribution in [3.8, 4) is 0 Å². The molecule has 2 aliphatic rings. The summed E-state index contributed by atoms with van der Waals surface area (Å²) in [4.78, 5) is 52.2. The van der Waals surface area contributed by atoms with Gasteiger partial charge >= 0.3 is 5.97 Å². The first-order chi connectivity index (χ1) is 13.6. The molecule has 0 aromatic heterocycles. The molecule has 0 spiro atoms. The highest BCUT2D eigenvalue weighted by atomic mass is 16.4. The summed E-state index contributed by atoms with van der Waals surface area (Å²) in [5, 5.41) is 30.6. The Morgan fingerprint density at radius 1 is 0.966 bits per heavy atom. The number of rotatable bonds is 7. The predicted molar refractivity (Wildman–Crippen MR) is 100 cm³/mol. The fourth-order valence-electron chi connectivity index (χ4n) is 3.82. The molecule has 2 saturated heterocycles. The van der Waals surface area contributed by atoms with Crippen LogP contribution < -0.4 is 11.1 Å². The van der Waals surface area contributed by atoms with Crippen LogP contribution in [0.1, 0.15) is 39.5 Å². The van der Waals surface area contributed by atoms with E-state index in [1.807, 2.05) is 0 Å². The van der Waals surface area contributed by atoms with Crippen LogP contribution in [0.4, 0.5) is 0 Å². The molecule has 0 radical (unpaired) electrons. The third kappa shape index (κ3) is 5.03. The van der Waals surface area contributed by atoms with Crippen molar-refractivity contribution in [2.75, 3.05) is 13.1 Å². The number of aliphatic carboxylic acids is 1. The van der Waals surface area contributed by atoms with Gasteiger partial charge in [0.1, 0.15) is 18.1 Å². The molecule has 0 unspecified atom stereocenters. The number of aliphatic hydroxyl groups is 2. The zero-order valence-corrected chi connectivity index (χ0v) is 16.7. The van der Waals surface area contributed by atoms with Crippen LogP contribution in [-0.4, -0.2) is 98.3 Å².